The second kappa shape index (κ2) is 5.07. The molecule has 0 radical (unpaired) electrons. The minimum absolute atomic E-state index is 0.101. The molecule has 2 aromatic rings. The maximum Gasteiger partial charge on any atom is 0.343 e. The molecule has 1 N–H and O–H groups in total. The first kappa shape index (κ1) is 14.2. The molecule has 2 atom stereocenters. The van der Waals surface area contributed by atoms with Crippen LogP contribution >= 0.6 is 0 Å². The molecule has 0 aromatic carbocycles. The van der Waals surface area contributed by atoms with Crippen molar-refractivity contribution in [3.8, 4) is 0 Å². The van der Waals surface area contributed by atoms with Crippen molar-refractivity contribution < 1.29 is 9.21 Å². The van der Waals surface area contributed by atoms with E-state index in [-0.39, 0.29) is 23.5 Å². The number of aromatic amines is 1. The van der Waals surface area contributed by atoms with Crippen LogP contribution in [0.2, 0.25) is 0 Å². The smallest absolute Gasteiger partial charge is 0.343 e. The average Bonchev–Trinajstić information content (AvgIpc) is 2.99. The first-order chi connectivity index (χ1) is 11.1. The van der Waals surface area contributed by atoms with E-state index in [0.29, 0.717) is 29.9 Å². The highest BCUT2D eigenvalue weighted by Crippen LogP contribution is 2.50. The van der Waals surface area contributed by atoms with Gasteiger partial charge in [0, 0.05) is 13.6 Å². The summed E-state index contributed by atoms with van der Waals surface area (Å²) in [6.07, 6.45) is 4.75. The van der Waals surface area contributed by atoms with Gasteiger partial charge in [0.05, 0.1) is 11.7 Å². The summed E-state index contributed by atoms with van der Waals surface area (Å²) in [6, 6.07) is -0.203. The van der Waals surface area contributed by atoms with Crippen LogP contribution in [-0.2, 0) is 7.05 Å². The Hall–Kier alpha value is -2.38. The third kappa shape index (κ3) is 2.29. The number of carbonyl (C=O) groups is 1. The van der Waals surface area contributed by atoms with E-state index in [0.717, 1.165) is 6.42 Å². The fourth-order valence-corrected chi connectivity index (χ4v) is 3.59. The molecule has 2 fully saturated rings. The zero-order valence-corrected chi connectivity index (χ0v) is 13.2. The Balaban J connectivity index is 1.71. The SMILES string of the molecule is Cc1coc(C(=O)N2CCC(C3CC3)C2c2n[nH]c(=O)n2C)n1. The van der Waals surface area contributed by atoms with Crippen LogP contribution < -0.4 is 5.69 Å². The molecular formula is C15H19N5O3. The van der Waals surface area contributed by atoms with Gasteiger partial charge in [-0.3, -0.25) is 9.36 Å². The van der Waals surface area contributed by atoms with Gasteiger partial charge in [-0.25, -0.2) is 14.9 Å². The number of nitrogens with zero attached hydrogens (tertiary/aromatic N) is 4. The van der Waals surface area contributed by atoms with Crippen molar-refractivity contribution in [2.75, 3.05) is 6.54 Å². The first-order valence-electron chi connectivity index (χ1n) is 7.90. The number of amides is 1. The minimum Gasteiger partial charge on any atom is -0.441 e. The summed E-state index contributed by atoms with van der Waals surface area (Å²) in [7, 11) is 1.68. The summed E-state index contributed by atoms with van der Waals surface area (Å²) in [4.78, 5) is 30.4. The second-order valence-electron chi connectivity index (χ2n) is 6.47. The summed E-state index contributed by atoms with van der Waals surface area (Å²) in [5, 5.41) is 6.65. The molecule has 2 aromatic heterocycles. The molecule has 0 bridgehead atoms. The lowest BCUT2D eigenvalue weighted by molar-refractivity contribution is 0.0661. The summed E-state index contributed by atoms with van der Waals surface area (Å²) in [5.74, 6) is 1.42. The molecule has 1 saturated heterocycles. The van der Waals surface area contributed by atoms with Crippen LogP contribution in [0.4, 0.5) is 0 Å². The Labute approximate surface area is 132 Å². The molecule has 122 valence electrons. The monoisotopic (exact) mass is 317 g/mol. The number of likely N-dealkylation sites (tertiary alicyclic amines) is 1. The second-order valence-corrected chi connectivity index (χ2v) is 6.47. The Kier molecular flexibility index (Phi) is 3.14. The lowest BCUT2D eigenvalue weighted by atomic mass is 9.94. The summed E-state index contributed by atoms with van der Waals surface area (Å²) < 4.78 is 6.76. The van der Waals surface area contributed by atoms with E-state index in [1.807, 2.05) is 0 Å². The Bertz CT molecular complexity index is 800. The molecule has 0 spiro atoms. The van der Waals surface area contributed by atoms with Crippen LogP contribution in [0.25, 0.3) is 0 Å². The lowest BCUT2D eigenvalue weighted by Gasteiger charge is -2.26. The Morgan fingerprint density at radius 3 is 2.74 bits per heavy atom. The zero-order valence-electron chi connectivity index (χ0n) is 13.2. The molecule has 8 nitrogen and oxygen atoms in total. The van der Waals surface area contributed by atoms with Crippen LogP contribution in [0, 0.1) is 18.8 Å². The van der Waals surface area contributed by atoms with Gasteiger partial charge >= 0.3 is 11.6 Å². The maximum absolute atomic E-state index is 12.8. The molecule has 3 heterocycles. The normalized spacial score (nSPS) is 24.3. The van der Waals surface area contributed by atoms with Crippen LogP contribution in [-0.4, -0.2) is 37.1 Å². The molecule has 1 aliphatic carbocycles. The van der Waals surface area contributed by atoms with Crippen LogP contribution in [0.15, 0.2) is 15.5 Å². The quantitative estimate of drug-likeness (QED) is 0.911. The molecule has 2 unspecified atom stereocenters. The van der Waals surface area contributed by atoms with Gasteiger partial charge in [-0.05, 0) is 38.0 Å². The van der Waals surface area contributed by atoms with E-state index in [1.165, 1.54) is 23.7 Å². The average molecular weight is 317 g/mol. The number of H-pyrrole nitrogens is 1. The standard InChI is InChI=1S/C15H19N5O3/c1-8-7-23-13(16-8)14(21)20-6-5-10(9-3-4-9)11(20)12-17-18-15(22)19(12)2/h7,9-11H,3-6H2,1-2H3,(H,18,22). The summed E-state index contributed by atoms with van der Waals surface area (Å²) in [6.45, 7) is 2.42. The molecular weight excluding hydrogens is 298 g/mol. The van der Waals surface area contributed by atoms with E-state index < -0.39 is 0 Å². The van der Waals surface area contributed by atoms with Crippen LogP contribution in [0.3, 0.4) is 0 Å². The fraction of sp³-hybridized carbons (Fsp3) is 0.600. The van der Waals surface area contributed by atoms with E-state index in [4.69, 9.17) is 4.42 Å². The van der Waals surface area contributed by atoms with Crippen LogP contribution in [0.1, 0.15) is 47.5 Å². The number of aryl methyl sites for hydroxylation is 1. The van der Waals surface area contributed by atoms with Gasteiger partial charge in [0.1, 0.15) is 6.26 Å². The topological polar surface area (TPSA) is 97.0 Å². The molecule has 2 aliphatic rings. The highest BCUT2D eigenvalue weighted by atomic mass is 16.4. The number of carbonyl (C=O) groups excluding carboxylic acids is 1. The van der Waals surface area contributed by atoms with Gasteiger partial charge < -0.3 is 9.32 Å². The van der Waals surface area contributed by atoms with Crippen molar-refractivity contribution >= 4 is 5.91 Å². The van der Waals surface area contributed by atoms with Gasteiger partial charge in [0.2, 0.25) is 0 Å². The molecule has 1 aliphatic heterocycles. The minimum atomic E-state index is -0.263. The van der Waals surface area contributed by atoms with E-state index in [2.05, 4.69) is 15.2 Å². The molecule has 23 heavy (non-hydrogen) atoms. The number of nitrogens with one attached hydrogen (secondary N) is 1. The highest BCUT2D eigenvalue weighted by molar-refractivity contribution is 5.90. The van der Waals surface area contributed by atoms with Crippen molar-refractivity contribution in [2.24, 2.45) is 18.9 Å². The molecule has 8 heteroatoms. The Morgan fingerprint density at radius 1 is 1.39 bits per heavy atom. The summed E-state index contributed by atoms with van der Waals surface area (Å²) in [5.41, 5.74) is 0.413. The predicted octanol–water partition coefficient (Wildman–Crippen LogP) is 1.02. The van der Waals surface area contributed by atoms with Crippen molar-refractivity contribution in [2.45, 2.75) is 32.2 Å². The fourth-order valence-electron chi connectivity index (χ4n) is 3.59. The van der Waals surface area contributed by atoms with Crippen molar-refractivity contribution in [1.29, 1.82) is 0 Å². The van der Waals surface area contributed by atoms with Crippen molar-refractivity contribution in [3.63, 3.8) is 0 Å². The molecule has 1 amide bonds. The third-order valence-corrected chi connectivity index (χ3v) is 4.91. The van der Waals surface area contributed by atoms with Crippen molar-refractivity contribution in [3.05, 3.63) is 34.2 Å². The molecule has 1 saturated carbocycles. The van der Waals surface area contributed by atoms with Gasteiger partial charge in [0.25, 0.3) is 5.89 Å². The van der Waals surface area contributed by atoms with E-state index in [9.17, 15) is 9.59 Å². The third-order valence-electron chi connectivity index (χ3n) is 4.91. The van der Waals surface area contributed by atoms with E-state index >= 15 is 0 Å². The number of oxazole rings is 1. The Morgan fingerprint density at radius 2 is 2.17 bits per heavy atom. The van der Waals surface area contributed by atoms with E-state index in [1.54, 1.807) is 18.9 Å². The summed E-state index contributed by atoms with van der Waals surface area (Å²) >= 11 is 0. The highest BCUT2D eigenvalue weighted by Gasteiger charge is 2.48. The van der Waals surface area contributed by atoms with Gasteiger partial charge in [0.15, 0.2) is 5.82 Å². The maximum atomic E-state index is 12.8. The molecule has 4 rings (SSSR count). The number of hydrogen-bond acceptors (Lipinski definition) is 5. The number of aromatic nitrogens is 4. The van der Waals surface area contributed by atoms with Crippen molar-refractivity contribution in [1.82, 2.24) is 24.6 Å². The van der Waals surface area contributed by atoms with Gasteiger partial charge in [-0.2, -0.15) is 5.10 Å². The largest absolute Gasteiger partial charge is 0.441 e. The van der Waals surface area contributed by atoms with Crippen LogP contribution in [0.5, 0.6) is 0 Å². The predicted molar refractivity (Wildman–Crippen MR) is 79.7 cm³/mol. The first-order valence-corrected chi connectivity index (χ1v) is 7.90. The van der Waals surface area contributed by atoms with Gasteiger partial charge in [-0.15, -0.1) is 0 Å². The van der Waals surface area contributed by atoms with Gasteiger partial charge in [-0.1, -0.05) is 0 Å². The number of hydrogen-bond donors (Lipinski definition) is 1. The lowest BCUT2D eigenvalue weighted by Crippen LogP contribution is -2.35. The zero-order chi connectivity index (χ0) is 16.1. The number of rotatable bonds is 3.